The molecule has 1 heterocycles. The second kappa shape index (κ2) is 14.1. The van der Waals surface area contributed by atoms with Crippen LogP contribution in [0.15, 0.2) is 54.6 Å². The standard InChI is InChI=1S/C24H22F3NO5.C4H10/c1-31-20-12-15(6-11-22(29)30)13-21(32-2)23(20)33-14-18-4-3-5-19(28-18)16-7-9-17(10-8-16)24(25,26)27;1-3-4-2/h3-5,7-10,12-13H,6,11,14H2,1-2H3,(H,29,30);3-4H2,1-2H3. The maximum absolute atomic E-state index is 12.8. The Morgan fingerprint density at radius 2 is 1.54 bits per heavy atom. The van der Waals surface area contributed by atoms with Crippen LogP contribution < -0.4 is 14.2 Å². The highest BCUT2D eigenvalue weighted by molar-refractivity contribution is 5.67. The molecule has 2 aromatic carbocycles. The number of unbranched alkanes of at least 4 members (excludes halogenated alkanes) is 1. The summed E-state index contributed by atoms with van der Waals surface area (Å²) in [5.74, 6) is 0.190. The summed E-state index contributed by atoms with van der Waals surface area (Å²) in [4.78, 5) is 15.3. The lowest BCUT2D eigenvalue weighted by atomic mass is 10.1. The number of methoxy groups -OCH3 is 2. The molecule has 0 radical (unpaired) electrons. The lowest BCUT2D eigenvalue weighted by Crippen LogP contribution is -2.05. The number of pyridine rings is 1. The minimum absolute atomic E-state index is 0.0345. The monoisotopic (exact) mass is 519 g/mol. The van der Waals surface area contributed by atoms with Crippen molar-refractivity contribution in [1.29, 1.82) is 0 Å². The van der Waals surface area contributed by atoms with Crippen LogP contribution in [0.2, 0.25) is 0 Å². The maximum Gasteiger partial charge on any atom is 0.416 e. The minimum Gasteiger partial charge on any atom is -0.493 e. The molecule has 0 fully saturated rings. The molecular weight excluding hydrogens is 487 g/mol. The summed E-state index contributed by atoms with van der Waals surface area (Å²) in [6.45, 7) is 4.41. The molecule has 0 aliphatic heterocycles. The molecule has 200 valence electrons. The third-order valence-corrected chi connectivity index (χ3v) is 5.33. The first-order chi connectivity index (χ1) is 17.6. The number of aryl methyl sites for hydroxylation is 1. The lowest BCUT2D eigenvalue weighted by Gasteiger charge is -2.16. The van der Waals surface area contributed by atoms with Crippen molar-refractivity contribution in [1.82, 2.24) is 4.98 Å². The SMILES string of the molecule is CCCC.COc1cc(CCC(=O)O)cc(OC)c1OCc1cccc(-c2ccc(C(F)(F)F)cc2)n1. The summed E-state index contributed by atoms with van der Waals surface area (Å²) in [6.07, 6.45) is -1.49. The summed E-state index contributed by atoms with van der Waals surface area (Å²) in [6, 6.07) is 13.3. The molecule has 3 aromatic rings. The van der Waals surface area contributed by atoms with E-state index >= 15 is 0 Å². The zero-order valence-electron chi connectivity index (χ0n) is 21.4. The summed E-state index contributed by atoms with van der Waals surface area (Å²) in [7, 11) is 2.93. The van der Waals surface area contributed by atoms with Crippen molar-refractivity contribution in [3.05, 3.63) is 71.4 Å². The molecule has 0 saturated heterocycles. The van der Waals surface area contributed by atoms with Gasteiger partial charge in [-0.25, -0.2) is 4.98 Å². The van der Waals surface area contributed by atoms with Crippen LogP contribution in [0.3, 0.4) is 0 Å². The quantitative estimate of drug-likeness (QED) is 0.306. The molecule has 0 spiro atoms. The summed E-state index contributed by atoms with van der Waals surface area (Å²) in [5, 5.41) is 8.90. The molecule has 0 unspecified atom stereocenters. The second-order valence-corrected chi connectivity index (χ2v) is 8.10. The van der Waals surface area contributed by atoms with Gasteiger partial charge in [-0.2, -0.15) is 13.2 Å². The second-order valence-electron chi connectivity index (χ2n) is 8.10. The van der Waals surface area contributed by atoms with Crippen molar-refractivity contribution in [2.45, 2.75) is 52.3 Å². The lowest BCUT2D eigenvalue weighted by molar-refractivity contribution is -0.138. The number of ether oxygens (including phenoxy) is 3. The van der Waals surface area contributed by atoms with Gasteiger partial charge in [0.1, 0.15) is 6.61 Å². The van der Waals surface area contributed by atoms with Gasteiger partial charge in [-0.15, -0.1) is 0 Å². The van der Waals surface area contributed by atoms with Gasteiger partial charge in [0, 0.05) is 12.0 Å². The number of nitrogens with zero attached hydrogens (tertiary/aromatic N) is 1. The van der Waals surface area contributed by atoms with E-state index in [9.17, 15) is 18.0 Å². The zero-order chi connectivity index (χ0) is 27.4. The van der Waals surface area contributed by atoms with Gasteiger partial charge in [0.15, 0.2) is 11.5 Å². The molecule has 0 bridgehead atoms. The molecule has 0 aliphatic carbocycles. The highest BCUT2D eigenvalue weighted by Crippen LogP contribution is 2.39. The molecule has 0 aliphatic rings. The Morgan fingerprint density at radius 1 is 0.946 bits per heavy atom. The molecule has 37 heavy (non-hydrogen) atoms. The Labute approximate surface area is 215 Å². The normalized spacial score (nSPS) is 10.8. The fraction of sp³-hybridized carbons (Fsp3) is 0.357. The number of carboxylic acid groups (broad SMARTS) is 1. The van der Waals surface area contributed by atoms with Crippen LogP contribution in [0.25, 0.3) is 11.3 Å². The Kier molecular flexibility index (Phi) is 11.2. The molecule has 0 atom stereocenters. The van der Waals surface area contributed by atoms with Crippen molar-refractivity contribution in [3.8, 4) is 28.5 Å². The van der Waals surface area contributed by atoms with E-state index in [0.717, 1.165) is 17.7 Å². The van der Waals surface area contributed by atoms with E-state index in [1.165, 1.54) is 39.2 Å². The number of aliphatic carboxylic acids is 1. The molecule has 9 heteroatoms. The van der Waals surface area contributed by atoms with E-state index in [1.54, 1.807) is 30.3 Å². The third kappa shape index (κ3) is 9.00. The van der Waals surface area contributed by atoms with Crippen LogP contribution in [-0.2, 0) is 24.0 Å². The van der Waals surface area contributed by atoms with Gasteiger partial charge in [0.25, 0.3) is 0 Å². The largest absolute Gasteiger partial charge is 0.493 e. The van der Waals surface area contributed by atoms with Crippen molar-refractivity contribution >= 4 is 5.97 Å². The number of hydrogen-bond donors (Lipinski definition) is 1. The van der Waals surface area contributed by atoms with Crippen LogP contribution in [0.4, 0.5) is 13.2 Å². The molecule has 1 aromatic heterocycles. The predicted octanol–water partition coefficient (Wildman–Crippen LogP) is 7.19. The van der Waals surface area contributed by atoms with Gasteiger partial charge < -0.3 is 19.3 Å². The first-order valence-electron chi connectivity index (χ1n) is 11.9. The van der Waals surface area contributed by atoms with Crippen molar-refractivity contribution in [2.24, 2.45) is 0 Å². The van der Waals surface area contributed by atoms with Gasteiger partial charge >= 0.3 is 12.1 Å². The van der Waals surface area contributed by atoms with Crippen LogP contribution in [0, 0.1) is 0 Å². The van der Waals surface area contributed by atoms with Gasteiger partial charge in [-0.3, -0.25) is 4.79 Å². The van der Waals surface area contributed by atoms with Gasteiger partial charge in [-0.1, -0.05) is 44.9 Å². The predicted molar refractivity (Wildman–Crippen MR) is 135 cm³/mol. The van der Waals surface area contributed by atoms with Crippen LogP contribution >= 0.6 is 0 Å². The average molecular weight is 520 g/mol. The highest BCUT2D eigenvalue weighted by Gasteiger charge is 2.30. The highest BCUT2D eigenvalue weighted by atomic mass is 19.4. The summed E-state index contributed by atoms with van der Waals surface area (Å²) < 4.78 is 55.1. The number of aromatic nitrogens is 1. The Hall–Kier alpha value is -3.75. The number of rotatable bonds is 10. The Morgan fingerprint density at radius 3 is 2.03 bits per heavy atom. The number of benzene rings is 2. The number of hydrogen-bond acceptors (Lipinski definition) is 5. The van der Waals surface area contributed by atoms with Crippen LogP contribution in [-0.4, -0.2) is 30.3 Å². The Bertz CT molecular complexity index is 1120. The first-order valence-corrected chi connectivity index (χ1v) is 11.9. The van der Waals surface area contributed by atoms with E-state index < -0.39 is 17.7 Å². The third-order valence-electron chi connectivity index (χ3n) is 5.33. The van der Waals surface area contributed by atoms with E-state index in [4.69, 9.17) is 19.3 Å². The molecule has 1 N–H and O–H groups in total. The van der Waals surface area contributed by atoms with Gasteiger partial charge in [0.05, 0.1) is 31.2 Å². The topological polar surface area (TPSA) is 77.9 Å². The minimum atomic E-state index is -4.40. The fourth-order valence-corrected chi connectivity index (χ4v) is 3.17. The maximum atomic E-state index is 12.8. The van der Waals surface area contributed by atoms with Crippen molar-refractivity contribution in [2.75, 3.05) is 14.2 Å². The number of halogens is 3. The van der Waals surface area contributed by atoms with Gasteiger partial charge in [-0.05, 0) is 48.4 Å². The smallest absolute Gasteiger partial charge is 0.416 e. The molecule has 0 saturated carbocycles. The zero-order valence-corrected chi connectivity index (χ0v) is 21.4. The molecular formula is C28H32F3NO5. The fourth-order valence-electron chi connectivity index (χ4n) is 3.17. The number of carboxylic acids is 1. The van der Waals surface area contributed by atoms with Crippen LogP contribution in [0.5, 0.6) is 17.2 Å². The molecule has 3 rings (SSSR count). The van der Waals surface area contributed by atoms with Crippen LogP contribution in [0.1, 0.15) is 49.9 Å². The summed E-state index contributed by atoms with van der Waals surface area (Å²) in [5.41, 5.74) is 1.60. The van der Waals surface area contributed by atoms with E-state index in [0.29, 0.717) is 40.6 Å². The van der Waals surface area contributed by atoms with Gasteiger partial charge in [0.2, 0.25) is 5.75 Å². The Balaban J connectivity index is 0.00000112. The first kappa shape index (κ1) is 29.5. The van der Waals surface area contributed by atoms with E-state index in [2.05, 4.69) is 18.8 Å². The number of carbonyl (C=O) groups is 1. The van der Waals surface area contributed by atoms with E-state index in [-0.39, 0.29) is 13.0 Å². The average Bonchev–Trinajstić information content (AvgIpc) is 2.90. The summed E-state index contributed by atoms with van der Waals surface area (Å²) >= 11 is 0. The molecule has 6 nitrogen and oxygen atoms in total. The molecule has 0 amide bonds. The van der Waals surface area contributed by atoms with Crippen molar-refractivity contribution in [3.63, 3.8) is 0 Å². The van der Waals surface area contributed by atoms with E-state index in [1.807, 2.05) is 0 Å². The van der Waals surface area contributed by atoms with Crippen molar-refractivity contribution < 1.29 is 37.3 Å². The number of alkyl halides is 3.